The van der Waals surface area contributed by atoms with Crippen molar-refractivity contribution < 1.29 is 9.53 Å². The summed E-state index contributed by atoms with van der Waals surface area (Å²) in [5, 5.41) is 2.96. The maximum absolute atomic E-state index is 12.2. The van der Waals surface area contributed by atoms with Crippen LogP contribution in [0.3, 0.4) is 0 Å². The van der Waals surface area contributed by atoms with Crippen LogP contribution in [0.4, 0.5) is 0 Å². The number of hydrogen-bond donors (Lipinski definition) is 2. The molecule has 0 atom stereocenters. The number of nitrogens with one attached hydrogen (secondary N) is 1. The lowest BCUT2D eigenvalue weighted by Crippen LogP contribution is -2.53. The Morgan fingerprint density at radius 2 is 2.37 bits per heavy atom. The topological polar surface area (TPSA) is 77.2 Å². The van der Waals surface area contributed by atoms with Gasteiger partial charge in [-0.2, -0.15) is 0 Å². The van der Waals surface area contributed by atoms with Crippen molar-refractivity contribution in [2.75, 3.05) is 13.7 Å². The normalized spacial score (nSPS) is 25.5. The molecule has 2 rings (SSSR count). The number of pyridine rings is 1. The Morgan fingerprint density at radius 1 is 1.63 bits per heavy atom. The molecule has 0 bridgehead atoms. The summed E-state index contributed by atoms with van der Waals surface area (Å²) in [5.41, 5.74) is 6.38. The molecule has 19 heavy (non-hydrogen) atoms. The van der Waals surface area contributed by atoms with Crippen LogP contribution in [-0.2, 0) is 11.3 Å². The average Bonchev–Trinajstić information content (AvgIpc) is 2.41. The van der Waals surface area contributed by atoms with Crippen LogP contribution in [0, 0.1) is 11.3 Å². The number of methoxy groups -OCH3 is 1. The van der Waals surface area contributed by atoms with Crippen LogP contribution in [0.2, 0.25) is 0 Å². The number of nitrogens with zero attached hydrogens (tertiary/aromatic N) is 1. The van der Waals surface area contributed by atoms with E-state index in [2.05, 4.69) is 17.2 Å². The smallest absolute Gasteiger partial charge is 0.227 e. The number of aromatic nitrogens is 1. The summed E-state index contributed by atoms with van der Waals surface area (Å²) in [5.74, 6) is 1.21. The minimum Gasteiger partial charge on any atom is -0.481 e. The number of rotatable bonds is 5. The maximum Gasteiger partial charge on any atom is 0.227 e. The van der Waals surface area contributed by atoms with E-state index in [0.29, 0.717) is 24.9 Å². The summed E-state index contributed by atoms with van der Waals surface area (Å²) in [6.07, 6.45) is 3.44. The van der Waals surface area contributed by atoms with E-state index in [-0.39, 0.29) is 11.3 Å². The van der Waals surface area contributed by atoms with E-state index in [1.807, 2.05) is 12.1 Å². The lowest BCUT2D eigenvalue weighted by molar-refractivity contribution is -0.138. The lowest BCUT2D eigenvalue weighted by Gasteiger charge is -2.44. The van der Waals surface area contributed by atoms with Gasteiger partial charge in [-0.15, -0.1) is 0 Å². The molecule has 0 unspecified atom stereocenters. The summed E-state index contributed by atoms with van der Waals surface area (Å²) in [4.78, 5) is 16.2. The van der Waals surface area contributed by atoms with Gasteiger partial charge in [0.25, 0.3) is 0 Å². The Bertz CT molecular complexity index is 456. The van der Waals surface area contributed by atoms with Crippen molar-refractivity contribution in [3.05, 3.63) is 23.9 Å². The number of carbonyl (C=O) groups is 1. The quantitative estimate of drug-likeness (QED) is 0.833. The number of carbonyl (C=O) groups excluding carboxylic acids is 1. The Labute approximate surface area is 113 Å². The van der Waals surface area contributed by atoms with Gasteiger partial charge in [-0.25, -0.2) is 4.98 Å². The predicted octanol–water partition coefficient (Wildman–Crippen LogP) is 1.08. The van der Waals surface area contributed by atoms with Gasteiger partial charge in [0, 0.05) is 25.4 Å². The first-order valence-corrected chi connectivity index (χ1v) is 6.57. The first-order chi connectivity index (χ1) is 9.09. The first-order valence-electron chi connectivity index (χ1n) is 6.57. The lowest BCUT2D eigenvalue weighted by atomic mass is 9.62. The molecule has 1 amide bonds. The van der Waals surface area contributed by atoms with E-state index >= 15 is 0 Å². The van der Waals surface area contributed by atoms with Crippen LogP contribution in [0.1, 0.15) is 25.3 Å². The van der Waals surface area contributed by atoms with Gasteiger partial charge in [0.05, 0.1) is 12.5 Å². The van der Waals surface area contributed by atoms with Gasteiger partial charge >= 0.3 is 0 Å². The zero-order chi connectivity index (χ0) is 13.9. The highest BCUT2D eigenvalue weighted by atomic mass is 16.5. The third kappa shape index (κ3) is 2.87. The second-order valence-electron chi connectivity index (χ2n) is 5.39. The monoisotopic (exact) mass is 263 g/mol. The molecule has 1 aliphatic rings. The molecule has 1 saturated carbocycles. The van der Waals surface area contributed by atoms with Crippen molar-refractivity contribution in [3.63, 3.8) is 0 Å². The first kappa shape index (κ1) is 13.8. The van der Waals surface area contributed by atoms with E-state index in [4.69, 9.17) is 10.5 Å². The van der Waals surface area contributed by atoms with Crippen molar-refractivity contribution in [1.29, 1.82) is 0 Å². The van der Waals surface area contributed by atoms with Gasteiger partial charge < -0.3 is 15.8 Å². The minimum absolute atomic E-state index is 0.0591. The minimum atomic E-state index is -0.351. The third-order valence-corrected chi connectivity index (χ3v) is 3.81. The van der Waals surface area contributed by atoms with E-state index in [0.717, 1.165) is 18.4 Å². The summed E-state index contributed by atoms with van der Waals surface area (Å²) in [7, 11) is 1.57. The Kier molecular flexibility index (Phi) is 4.04. The third-order valence-electron chi connectivity index (χ3n) is 3.81. The SMILES string of the molecule is COc1cc(CNC(=O)C2(CN)CC(C)C2)ccn1. The molecule has 3 N–H and O–H groups in total. The predicted molar refractivity (Wildman–Crippen MR) is 72.5 cm³/mol. The number of hydrogen-bond acceptors (Lipinski definition) is 4. The summed E-state index contributed by atoms with van der Waals surface area (Å²) in [6.45, 7) is 3.05. The number of amides is 1. The van der Waals surface area contributed by atoms with E-state index in [1.54, 1.807) is 13.3 Å². The number of nitrogens with two attached hydrogens (primary N) is 1. The van der Waals surface area contributed by atoms with Crippen LogP contribution in [0.5, 0.6) is 5.88 Å². The second-order valence-corrected chi connectivity index (χ2v) is 5.39. The van der Waals surface area contributed by atoms with Crippen molar-refractivity contribution in [2.24, 2.45) is 17.1 Å². The van der Waals surface area contributed by atoms with E-state index in [1.165, 1.54) is 0 Å². The van der Waals surface area contributed by atoms with Crippen molar-refractivity contribution in [1.82, 2.24) is 10.3 Å². The molecule has 104 valence electrons. The zero-order valence-corrected chi connectivity index (χ0v) is 11.5. The highest BCUT2D eigenvalue weighted by molar-refractivity contribution is 5.83. The van der Waals surface area contributed by atoms with Gasteiger partial charge in [0.1, 0.15) is 0 Å². The van der Waals surface area contributed by atoms with Crippen LogP contribution >= 0.6 is 0 Å². The molecule has 0 saturated heterocycles. The maximum atomic E-state index is 12.2. The summed E-state index contributed by atoms with van der Waals surface area (Å²) >= 11 is 0. The van der Waals surface area contributed by atoms with Gasteiger partial charge in [-0.1, -0.05) is 6.92 Å². The van der Waals surface area contributed by atoms with Crippen LogP contribution in [0.25, 0.3) is 0 Å². The molecule has 1 fully saturated rings. The average molecular weight is 263 g/mol. The summed E-state index contributed by atoms with van der Waals surface area (Å²) < 4.78 is 5.05. The van der Waals surface area contributed by atoms with Crippen LogP contribution in [-0.4, -0.2) is 24.5 Å². The second kappa shape index (κ2) is 5.57. The number of ether oxygens (including phenoxy) is 1. The van der Waals surface area contributed by atoms with Crippen molar-refractivity contribution in [2.45, 2.75) is 26.3 Å². The highest BCUT2D eigenvalue weighted by Crippen LogP contribution is 2.44. The molecule has 1 aromatic heterocycles. The Morgan fingerprint density at radius 3 is 2.95 bits per heavy atom. The van der Waals surface area contributed by atoms with E-state index < -0.39 is 0 Å². The summed E-state index contributed by atoms with van der Waals surface area (Å²) in [6, 6.07) is 3.68. The van der Waals surface area contributed by atoms with Crippen LogP contribution < -0.4 is 15.8 Å². The fraction of sp³-hybridized carbons (Fsp3) is 0.571. The standard InChI is InChI=1S/C14H21N3O2/c1-10-6-14(7-10,9-15)13(18)17-8-11-3-4-16-12(5-11)19-2/h3-5,10H,6-9,15H2,1-2H3,(H,17,18). The molecular formula is C14H21N3O2. The fourth-order valence-electron chi connectivity index (χ4n) is 2.76. The van der Waals surface area contributed by atoms with Gasteiger partial charge in [-0.3, -0.25) is 4.79 Å². The molecule has 0 aromatic carbocycles. The molecule has 1 aromatic rings. The molecule has 0 aliphatic heterocycles. The van der Waals surface area contributed by atoms with Gasteiger partial charge in [0.2, 0.25) is 11.8 Å². The molecule has 5 nitrogen and oxygen atoms in total. The molecule has 0 radical (unpaired) electrons. The fourth-order valence-corrected chi connectivity index (χ4v) is 2.76. The molecule has 5 heteroatoms. The van der Waals surface area contributed by atoms with E-state index in [9.17, 15) is 4.79 Å². The van der Waals surface area contributed by atoms with Crippen molar-refractivity contribution >= 4 is 5.91 Å². The molecular weight excluding hydrogens is 242 g/mol. The highest BCUT2D eigenvalue weighted by Gasteiger charge is 2.46. The van der Waals surface area contributed by atoms with Crippen molar-refractivity contribution in [3.8, 4) is 5.88 Å². The molecule has 1 aliphatic carbocycles. The zero-order valence-electron chi connectivity index (χ0n) is 11.5. The largest absolute Gasteiger partial charge is 0.481 e. The molecule has 0 spiro atoms. The van der Waals surface area contributed by atoms with Crippen LogP contribution in [0.15, 0.2) is 18.3 Å². The van der Waals surface area contributed by atoms with Gasteiger partial charge in [0.15, 0.2) is 0 Å². The Balaban J connectivity index is 1.93. The Hall–Kier alpha value is -1.62. The molecule has 1 heterocycles. The van der Waals surface area contributed by atoms with Gasteiger partial charge in [-0.05, 0) is 30.4 Å².